The van der Waals surface area contributed by atoms with Gasteiger partial charge in [0.15, 0.2) is 0 Å². The highest BCUT2D eigenvalue weighted by atomic mass is 16.2. The van der Waals surface area contributed by atoms with E-state index in [1.54, 1.807) is 4.90 Å². The maximum absolute atomic E-state index is 12.7. The predicted octanol–water partition coefficient (Wildman–Crippen LogP) is 1.37. The van der Waals surface area contributed by atoms with Gasteiger partial charge in [-0.2, -0.15) is 0 Å². The van der Waals surface area contributed by atoms with E-state index < -0.39 is 0 Å². The highest BCUT2D eigenvalue weighted by molar-refractivity contribution is 5.98. The Morgan fingerprint density at radius 1 is 1.23 bits per heavy atom. The van der Waals surface area contributed by atoms with Gasteiger partial charge in [0.05, 0.1) is 0 Å². The van der Waals surface area contributed by atoms with Crippen molar-refractivity contribution in [2.45, 2.75) is 26.3 Å². The molecule has 2 amide bonds. The van der Waals surface area contributed by atoms with Crippen molar-refractivity contribution < 1.29 is 9.59 Å². The molecule has 0 fully saturated rings. The Hall–Kier alpha value is -1.88. The molecule has 1 aromatic carbocycles. The molecular formula is C17H25N3O2. The first kappa shape index (κ1) is 16.5. The van der Waals surface area contributed by atoms with E-state index in [9.17, 15) is 9.59 Å². The molecule has 2 rings (SSSR count). The zero-order valence-electron chi connectivity index (χ0n) is 13.9. The van der Waals surface area contributed by atoms with Crippen LogP contribution < -0.4 is 4.90 Å². The van der Waals surface area contributed by atoms with Crippen molar-refractivity contribution in [1.82, 2.24) is 9.80 Å². The Labute approximate surface area is 132 Å². The molecule has 1 heterocycles. The number of carbonyl (C=O) groups is 2. The van der Waals surface area contributed by atoms with Crippen molar-refractivity contribution in [1.29, 1.82) is 0 Å². The second kappa shape index (κ2) is 6.92. The van der Waals surface area contributed by atoms with Crippen molar-refractivity contribution in [3.8, 4) is 0 Å². The summed E-state index contributed by atoms with van der Waals surface area (Å²) < 4.78 is 0. The molecule has 22 heavy (non-hydrogen) atoms. The van der Waals surface area contributed by atoms with Gasteiger partial charge in [-0.05, 0) is 39.1 Å². The van der Waals surface area contributed by atoms with Crippen LogP contribution in [0.25, 0.3) is 0 Å². The molecule has 0 radical (unpaired) electrons. The Morgan fingerprint density at radius 2 is 1.91 bits per heavy atom. The molecule has 0 aliphatic carbocycles. The van der Waals surface area contributed by atoms with Crippen molar-refractivity contribution >= 4 is 17.5 Å². The molecule has 0 saturated heterocycles. The summed E-state index contributed by atoms with van der Waals surface area (Å²) in [5, 5.41) is 0. The fourth-order valence-electron chi connectivity index (χ4n) is 2.85. The molecule has 1 aromatic rings. The van der Waals surface area contributed by atoms with Crippen LogP contribution in [0.4, 0.5) is 5.69 Å². The van der Waals surface area contributed by atoms with Crippen LogP contribution in [0.2, 0.25) is 0 Å². The van der Waals surface area contributed by atoms with Crippen molar-refractivity contribution in [3.05, 3.63) is 29.8 Å². The smallest absolute Gasteiger partial charge is 0.246 e. The lowest BCUT2D eigenvalue weighted by Crippen LogP contribution is -2.46. The highest BCUT2D eigenvalue weighted by Crippen LogP contribution is 2.31. The molecule has 120 valence electrons. The molecule has 0 N–H and O–H groups in total. The minimum atomic E-state index is -0.0599. The standard InChI is InChI=1S/C17H25N3O2/c1-13-11-15-7-5-6-8-16(15)20(13)17(22)12-19(14(2)21)10-9-18(3)4/h5-8,13H,9-12H2,1-4H3. The number of hydrogen-bond donors (Lipinski definition) is 0. The minimum Gasteiger partial charge on any atom is -0.332 e. The third-order valence-corrected chi connectivity index (χ3v) is 4.06. The summed E-state index contributed by atoms with van der Waals surface area (Å²) in [7, 11) is 3.91. The van der Waals surface area contributed by atoms with E-state index in [0.717, 1.165) is 18.7 Å². The average Bonchev–Trinajstić information content (AvgIpc) is 2.78. The molecule has 0 bridgehead atoms. The number of likely N-dealkylation sites (N-methyl/N-ethyl adjacent to an activating group) is 1. The van der Waals surface area contributed by atoms with E-state index in [-0.39, 0.29) is 24.4 Å². The number of benzene rings is 1. The fraction of sp³-hybridized carbons (Fsp3) is 0.529. The van der Waals surface area contributed by atoms with Crippen LogP contribution in [0.15, 0.2) is 24.3 Å². The summed E-state index contributed by atoms with van der Waals surface area (Å²) in [6.45, 7) is 5.03. The van der Waals surface area contributed by atoms with E-state index in [4.69, 9.17) is 0 Å². The van der Waals surface area contributed by atoms with Gasteiger partial charge in [0.1, 0.15) is 6.54 Å². The maximum Gasteiger partial charge on any atom is 0.246 e. The maximum atomic E-state index is 12.7. The van der Waals surface area contributed by atoms with Gasteiger partial charge < -0.3 is 14.7 Å². The zero-order valence-corrected chi connectivity index (χ0v) is 13.9. The van der Waals surface area contributed by atoms with Crippen LogP contribution in [-0.2, 0) is 16.0 Å². The van der Waals surface area contributed by atoms with Gasteiger partial charge in [-0.25, -0.2) is 0 Å². The van der Waals surface area contributed by atoms with Crippen molar-refractivity contribution in [3.63, 3.8) is 0 Å². The lowest BCUT2D eigenvalue weighted by molar-refractivity contribution is -0.133. The number of anilines is 1. The van der Waals surface area contributed by atoms with Gasteiger partial charge >= 0.3 is 0 Å². The minimum absolute atomic E-state index is 0.00796. The largest absolute Gasteiger partial charge is 0.332 e. The molecular weight excluding hydrogens is 278 g/mol. The molecule has 0 saturated carbocycles. The van der Waals surface area contributed by atoms with E-state index in [2.05, 4.69) is 13.0 Å². The molecule has 0 aromatic heterocycles. The average molecular weight is 303 g/mol. The monoisotopic (exact) mass is 303 g/mol. The number of fused-ring (bicyclic) bond motifs is 1. The number of hydrogen-bond acceptors (Lipinski definition) is 3. The van der Waals surface area contributed by atoms with Crippen molar-refractivity contribution in [2.75, 3.05) is 38.6 Å². The summed E-state index contributed by atoms with van der Waals surface area (Å²) in [6.07, 6.45) is 0.875. The van der Waals surface area contributed by atoms with Gasteiger partial charge in [-0.1, -0.05) is 18.2 Å². The first-order valence-corrected chi connectivity index (χ1v) is 7.70. The summed E-state index contributed by atoms with van der Waals surface area (Å²) in [5.41, 5.74) is 2.18. The summed E-state index contributed by atoms with van der Waals surface area (Å²) in [5.74, 6) is -0.0678. The first-order chi connectivity index (χ1) is 10.4. The van der Waals surface area contributed by atoms with Crippen molar-refractivity contribution in [2.24, 2.45) is 0 Å². The Kier molecular flexibility index (Phi) is 5.19. The zero-order chi connectivity index (χ0) is 16.3. The third-order valence-electron chi connectivity index (χ3n) is 4.06. The van der Waals surface area contributed by atoms with Crippen LogP contribution in [0, 0.1) is 0 Å². The third kappa shape index (κ3) is 3.65. The molecule has 1 aliphatic rings. The number of amides is 2. The number of rotatable bonds is 5. The lowest BCUT2D eigenvalue weighted by atomic mass is 10.1. The van der Waals surface area contributed by atoms with Gasteiger partial charge in [-0.3, -0.25) is 9.59 Å². The highest BCUT2D eigenvalue weighted by Gasteiger charge is 2.31. The van der Waals surface area contributed by atoms with Crippen LogP contribution in [0.5, 0.6) is 0 Å². The Morgan fingerprint density at radius 3 is 2.55 bits per heavy atom. The predicted molar refractivity (Wildman–Crippen MR) is 87.9 cm³/mol. The Balaban J connectivity index is 2.09. The topological polar surface area (TPSA) is 43.9 Å². The molecule has 1 atom stereocenters. The van der Waals surface area contributed by atoms with E-state index in [0.29, 0.717) is 6.54 Å². The number of carbonyl (C=O) groups excluding carboxylic acids is 2. The van der Waals surface area contributed by atoms with Gasteiger partial charge in [0.25, 0.3) is 0 Å². The summed E-state index contributed by atoms with van der Waals surface area (Å²) >= 11 is 0. The SMILES string of the molecule is CC(=O)N(CCN(C)C)CC(=O)N1c2ccccc2CC1C. The van der Waals surface area contributed by atoms with Gasteiger partial charge in [-0.15, -0.1) is 0 Å². The fourth-order valence-corrected chi connectivity index (χ4v) is 2.85. The van der Waals surface area contributed by atoms with Crippen LogP contribution in [-0.4, -0.2) is 61.4 Å². The molecule has 1 aliphatic heterocycles. The molecule has 5 nitrogen and oxygen atoms in total. The quantitative estimate of drug-likeness (QED) is 0.825. The van der Waals surface area contributed by atoms with Crippen LogP contribution in [0.1, 0.15) is 19.4 Å². The van der Waals surface area contributed by atoms with E-state index >= 15 is 0 Å². The summed E-state index contributed by atoms with van der Waals surface area (Å²) in [6, 6.07) is 8.14. The second-order valence-corrected chi connectivity index (χ2v) is 6.19. The Bertz CT molecular complexity index is 557. The number of para-hydroxylation sites is 1. The van der Waals surface area contributed by atoms with Crippen LogP contribution >= 0.6 is 0 Å². The van der Waals surface area contributed by atoms with Crippen LogP contribution in [0.3, 0.4) is 0 Å². The second-order valence-electron chi connectivity index (χ2n) is 6.19. The molecule has 5 heteroatoms. The summed E-state index contributed by atoms with van der Waals surface area (Å²) in [4.78, 5) is 29.9. The van der Waals surface area contributed by atoms with E-state index in [1.807, 2.05) is 42.1 Å². The van der Waals surface area contributed by atoms with Gasteiger partial charge in [0, 0.05) is 31.7 Å². The number of nitrogens with zero attached hydrogens (tertiary/aromatic N) is 3. The first-order valence-electron chi connectivity index (χ1n) is 7.70. The van der Waals surface area contributed by atoms with Gasteiger partial charge in [0.2, 0.25) is 11.8 Å². The normalized spacial score (nSPS) is 16.8. The molecule has 0 spiro atoms. The van der Waals surface area contributed by atoms with E-state index in [1.165, 1.54) is 12.5 Å². The lowest BCUT2D eigenvalue weighted by Gasteiger charge is -2.28. The molecule has 1 unspecified atom stereocenters.